The van der Waals surface area contributed by atoms with Crippen molar-refractivity contribution in [2.45, 2.75) is 25.3 Å². The number of carbonyl (C=O) groups is 2. The van der Waals surface area contributed by atoms with Gasteiger partial charge in [-0.1, -0.05) is 30.3 Å². The lowest BCUT2D eigenvalue weighted by molar-refractivity contribution is -0.139. The van der Waals surface area contributed by atoms with Gasteiger partial charge in [0.1, 0.15) is 0 Å². The van der Waals surface area contributed by atoms with E-state index >= 15 is 0 Å². The second kappa shape index (κ2) is 7.22. The highest BCUT2D eigenvalue weighted by Gasteiger charge is 2.26. The fourth-order valence-corrected chi connectivity index (χ4v) is 2.50. The molecular formula is C16H23N3O2. The molecule has 0 aromatic heterocycles. The van der Waals surface area contributed by atoms with Gasteiger partial charge in [-0.05, 0) is 24.8 Å². The molecule has 2 amide bonds. The summed E-state index contributed by atoms with van der Waals surface area (Å²) in [5, 5.41) is 0. The molecule has 0 bridgehead atoms. The molecule has 21 heavy (non-hydrogen) atoms. The summed E-state index contributed by atoms with van der Waals surface area (Å²) in [7, 11) is 1.77. The maximum absolute atomic E-state index is 12.4. The van der Waals surface area contributed by atoms with Crippen LogP contribution in [0, 0.1) is 0 Å². The van der Waals surface area contributed by atoms with Gasteiger partial charge in [0.25, 0.3) is 0 Å². The Kier molecular flexibility index (Phi) is 5.33. The first-order valence-corrected chi connectivity index (χ1v) is 7.40. The van der Waals surface area contributed by atoms with Gasteiger partial charge >= 0.3 is 0 Å². The van der Waals surface area contributed by atoms with Gasteiger partial charge in [0.2, 0.25) is 11.8 Å². The molecule has 5 heteroatoms. The van der Waals surface area contributed by atoms with Gasteiger partial charge < -0.3 is 15.5 Å². The molecule has 1 aromatic rings. The zero-order valence-electron chi connectivity index (χ0n) is 12.5. The van der Waals surface area contributed by atoms with Crippen LogP contribution < -0.4 is 5.73 Å². The summed E-state index contributed by atoms with van der Waals surface area (Å²) in [6.45, 7) is 1.45. The molecule has 0 saturated carbocycles. The molecule has 2 rings (SSSR count). The molecule has 2 N–H and O–H groups in total. The van der Waals surface area contributed by atoms with Crippen LogP contribution in [0.5, 0.6) is 0 Å². The Morgan fingerprint density at radius 2 is 2.00 bits per heavy atom. The Morgan fingerprint density at radius 3 is 2.71 bits per heavy atom. The predicted molar refractivity (Wildman–Crippen MR) is 81.6 cm³/mol. The maximum atomic E-state index is 12.4. The van der Waals surface area contributed by atoms with Crippen LogP contribution in [0.4, 0.5) is 0 Å². The van der Waals surface area contributed by atoms with Crippen LogP contribution in [0.3, 0.4) is 0 Å². The lowest BCUT2D eigenvalue weighted by atomic mass is 10.0. The SMILES string of the molecule is CN1CCCN(C(=O)[C@@H](N)CCc2ccccc2)CC1=O. The number of amides is 2. The smallest absolute Gasteiger partial charge is 0.241 e. The molecule has 1 fully saturated rings. The standard InChI is InChI=1S/C16H23N3O2/c1-18-10-5-11-19(12-15(18)20)16(21)14(17)9-8-13-6-3-2-4-7-13/h2-4,6-7,14H,5,8-12,17H2,1H3/t14-/m0/s1. The number of benzene rings is 1. The van der Waals surface area contributed by atoms with Crippen molar-refractivity contribution in [2.24, 2.45) is 5.73 Å². The van der Waals surface area contributed by atoms with Crippen LogP contribution in [0.25, 0.3) is 0 Å². The Balaban J connectivity index is 1.88. The number of carbonyl (C=O) groups excluding carboxylic acids is 2. The Morgan fingerprint density at radius 1 is 1.29 bits per heavy atom. The summed E-state index contributed by atoms with van der Waals surface area (Å²) in [4.78, 5) is 27.4. The van der Waals surface area contributed by atoms with Gasteiger partial charge in [-0.2, -0.15) is 0 Å². The molecule has 0 unspecified atom stereocenters. The quantitative estimate of drug-likeness (QED) is 0.884. The normalized spacial score (nSPS) is 17.5. The highest BCUT2D eigenvalue weighted by Crippen LogP contribution is 2.08. The summed E-state index contributed by atoms with van der Waals surface area (Å²) in [6, 6.07) is 9.44. The summed E-state index contributed by atoms with van der Waals surface area (Å²) < 4.78 is 0. The molecule has 114 valence electrons. The van der Waals surface area contributed by atoms with Gasteiger partial charge in [-0.3, -0.25) is 9.59 Å². The largest absolute Gasteiger partial charge is 0.344 e. The van der Waals surface area contributed by atoms with E-state index in [0.29, 0.717) is 19.5 Å². The van der Waals surface area contributed by atoms with Crippen molar-refractivity contribution < 1.29 is 9.59 Å². The van der Waals surface area contributed by atoms with E-state index < -0.39 is 6.04 Å². The van der Waals surface area contributed by atoms with E-state index in [1.54, 1.807) is 16.8 Å². The highest BCUT2D eigenvalue weighted by atomic mass is 16.2. The van der Waals surface area contributed by atoms with E-state index in [4.69, 9.17) is 5.73 Å². The van der Waals surface area contributed by atoms with E-state index in [-0.39, 0.29) is 18.4 Å². The molecule has 1 saturated heterocycles. The molecule has 5 nitrogen and oxygen atoms in total. The Labute approximate surface area is 125 Å². The number of nitrogens with zero attached hydrogens (tertiary/aromatic N) is 2. The first-order chi connectivity index (χ1) is 10.1. The number of rotatable bonds is 4. The third kappa shape index (κ3) is 4.29. The van der Waals surface area contributed by atoms with E-state index in [2.05, 4.69) is 0 Å². The second-order valence-corrected chi connectivity index (χ2v) is 5.56. The fraction of sp³-hybridized carbons (Fsp3) is 0.500. The van der Waals surface area contributed by atoms with Crippen molar-refractivity contribution in [1.82, 2.24) is 9.80 Å². The van der Waals surface area contributed by atoms with Crippen LogP contribution in [0.15, 0.2) is 30.3 Å². The highest BCUT2D eigenvalue weighted by molar-refractivity contribution is 5.87. The van der Waals surface area contributed by atoms with Crippen molar-refractivity contribution in [3.05, 3.63) is 35.9 Å². The summed E-state index contributed by atoms with van der Waals surface area (Å²) in [5.41, 5.74) is 7.18. The maximum Gasteiger partial charge on any atom is 0.241 e. The van der Waals surface area contributed by atoms with Crippen LogP contribution in [0.2, 0.25) is 0 Å². The lowest BCUT2D eigenvalue weighted by Crippen LogP contribution is -2.46. The molecule has 1 aromatic carbocycles. The van der Waals surface area contributed by atoms with Crippen molar-refractivity contribution in [3.63, 3.8) is 0 Å². The Hall–Kier alpha value is -1.88. The van der Waals surface area contributed by atoms with Gasteiger partial charge in [0.05, 0.1) is 12.6 Å². The zero-order valence-corrected chi connectivity index (χ0v) is 12.5. The molecule has 0 radical (unpaired) electrons. The fourth-order valence-electron chi connectivity index (χ4n) is 2.50. The minimum Gasteiger partial charge on any atom is -0.344 e. The molecule has 1 aliphatic heterocycles. The molecule has 1 atom stereocenters. The van der Waals surface area contributed by atoms with Gasteiger partial charge in [0.15, 0.2) is 0 Å². The minimum absolute atomic E-state index is 0.0175. The molecule has 0 spiro atoms. The third-order valence-electron chi connectivity index (χ3n) is 3.89. The molecular weight excluding hydrogens is 266 g/mol. The summed E-state index contributed by atoms with van der Waals surface area (Å²) in [6.07, 6.45) is 2.18. The van der Waals surface area contributed by atoms with Crippen molar-refractivity contribution in [2.75, 3.05) is 26.7 Å². The molecule has 1 aliphatic rings. The van der Waals surface area contributed by atoms with Crippen molar-refractivity contribution in [3.8, 4) is 0 Å². The minimum atomic E-state index is -0.540. The number of hydrogen-bond donors (Lipinski definition) is 1. The van der Waals surface area contributed by atoms with E-state index in [0.717, 1.165) is 12.8 Å². The number of aryl methyl sites for hydroxylation is 1. The Bertz CT molecular complexity index is 490. The van der Waals surface area contributed by atoms with Crippen LogP contribution in [-0.4, -0.2) is 54.3 Å². The van der Waals surface area contributed by atoms with Gasteiger partial charge in [-0.15, -0.1) is 0 Å². The van der Waals surface area contributed by atoms with E-state index in [1.165, 1.54) is 5.56 Å². The monoisotopic (exact) mass is 289 g/mol. The second-order valence-electron chi connectivity index (χ2n) is 5.56. The molecule has 1 heterocycles. The third-order valence-corrected chi connectivity index (χ3v) is 3.89. The number of hydrogen-bond acceptors (Lipinski definition) is 3. The average molecular weight is 289 g/mol. The first kappa shape index (κ1) is 15.5. The van der Waals surface area contributed by atoms with E-state index in [9.17, 15) is 9.59 Å². The first-order valence-electron chi connectivity index (χ1n) is 7.40. The number of nitrogens with two attached hydrogens (primary N) is 1. The van der Waals surface area contributed by atoms with Crippen LogP contribution in [0.1, 0.15) is 18.4 Å². The predicted octanol–water partition coefficient (Wildman–Crippen LogP) is 0.637. The van der Waals surface area contributed by atoms with Crippen LogP contribution in [-0.2, 0) is 16.0 Å². The summed E-state index contributed by atoms with van der Waals surface area (Å²) in [5.74, 6) is -0.134. The van der Waals surface area contributed by atoms with E-state index in [1.807, 2.05) is 30.3 Å². The van der Waals surface area contributed by atoms with Gasteiger partial charge in [0, 0.05) is 20.1 Å². The van der Waals surface area contributed by atoms with Crippen molar-refractivity contribution in [1.29, 1.82) is 0 Å². The number of likely N-dealkylation sites (N-methyl/N-ethyl adjacent to an activating group) is 1. The van der Waals surface area contributed by atoms with Crippen molar-refractivity contribution >= 4 is 11.8 Å². The topological polar surface area (TPSA) is 66.6 Å². The lowest BCUT2D eigenvalue weighted by Gasteiger charge is -2.23. The van der Waals surface area contributed by atoms with Gasteiger partial charge in [-0.25, -0.2) is 0 Å². The van der Waals surface area contributed by atoms with Crippen LogP contribution >= 0.6 is 0 Å². The zero-order chi connectivity index (χ0) is 15.2. The molecule has 0 aliphatic carbocycles. The summed E-state index contributed by atoms with van der Waals surface area (Å²) >= 11 is 0. The average Bonchev–Trinajstić information content (AvgIpc) is 2.67.